The van der Waals surface area contributed by atoms with Gasteiger partial charge in [0.15, 0.2) is 0 Å². The molecule has 0 saturated heterocycles. The van der Waals surface area contributed by atoms with E-state index in [1.165, 1.54) is 106 Å². The lowest BCUT2D eigenvalue weighted by molar-refractivity contribution is 1.38. The standard InChI is InChI=1S/C40H20N2S2/c1-5-13-31-23(9-1)28-18-22(20-30-37(28)41(31)38-26-12-4-8-16-34(26)43-39(30)38)21-17-27-24-10-2-6-14-32(24)42-36(27)29(19-21)35-25-11-3-7-15-33(25)44-40(35)42/h1-20H. The van der Waals surface area contributed by atoms with E-state index in [-0.39, 0.29) is 0 Å². The molecule has 0 fully saturated rings. The van der Waals surface area contributed by atoms with Crippen molar-refractivity contribution in [3.63, 3.8) is 0 Å². The number of benzene rings is 6. The van der Waals surface area contributed by atoms with Crippen molar-refractivity contribution in [1.82, 2.24) is 8.80 Å². The maximum atomic E-state index is 2.53. The van der Waals surface area contributed by atoms with Crippen LogP contribution < -0.4 is 0 Å². The summed E-state index contributed by atoms with van der Waals surface area (Å²) < 4.78 is 9.12. The molecule has 0 atom stereocenters. The summed E-state index contributed by atoms with van der Waals surface area (Å²) in [6.45, 7) is 0. The van der Waals surface area contributed by atoms with Gasteiger partial charge in [-0.05, 0) is 59.7 Å². The Balaban J connectivity index is 1.29. The molecule has 2 nitrogen and oxygen atoms in total. The van der Waals surface area contributed by atoms with E-state index in [1.54, 1.807) is 0 Å². The maximum absolute atomic E-state index is 2.53. The molecular formula is C40H20N2S2. The zero-order chi connectivity index (χ0) is 28.3. The van der Waals surface area contributed by atoms with Crippen LogP contribution in [0.5, 0.6) is 0 Å². The number of aromatic nitrogens is 2. The van der Waals surface area contributed by atoms with Crippen molar-refractivity contribution in [2.75, 3.05) is 0 Å². The van der Waals surface area contributed by atoms with E-state index < -0.39 is 0 Å². The van der Waals surface area contributed by atoms with Gasteiger partial charge >= 0.3 is 0 Å². The van der Waals surface area contributed by atoms with Crippen LogP contribution in [-0.4, -0.2) is 8.80 Å². The summed E-state index contributed by atoms with van der Waals surface area (Å²) in [5, 5.41) is 12.1. The van der Waals surface area contributed by atoms with Crippen LogP contribution in [0.4, 0.5) is 0 Å². The van der Waals surface area contributed by atoms with E-state index in [9.17, 15) is 0 Å². The van der Waals surface area contributed by atoms with Gasteiger partial charge in [-0.2, -0.15) is 0 Å². The first-order valence-electron chi connectivity index (χ1n) is 15.0. The lowest BCUT2D eigenvalue weighted by Crippen LogP contribution is -1.82. The second-order valence-electron chi connectivity index (χ2n) is 12.1. The molecule has 4 heteroatoms. The average Bonchev–Trinajstić information content (AvgIpc) is 3.89. The minimum atomic E-state index is 1.28. The predicted molar refractivity (Wildman–Crippen MR) is 192 cm³/mol. The molecule has 0 N–H and O–H groups in total. The normalized spacial score (nSPS) is 13.0. The second-order valence-corrected chi connectivity index (χ2v) is 14.2. The first kappa shape index (κ1) is 22.4. The van der Waals surface area contributed by atoms with Crippen LogP contribution in [-0.2, 0) is 0 Å². The highest BCUT2D eigenvalue weighted by Gasteiger charge is 2.24. The largest absolute Gasteiger partial charge is 0.306 e. The third-order valence-electron chi connectivity index (χ3n) is 9.96. The number of rotatable bonds is 1. The Hall–Kier alpha value is -5.16. The summed E-state index contributed by atoms with van der Waals surface area (Å²) in [5.74, 6) is 0. The minimum absolute atomic E-state index is 1.28. The van der Waals surface area contributed by atoms with E-state index in [1.807, 2.05) is 22.7 Å². The number of para-hydroxylation sites is 2. The molecule has 12 rings (SSSR count). The highest BCUT2D eigenvalue weighted by Crippen LogP contribution is 2.49. The molecule has 0 amide bonds. The smallest absolute Gasteiger partial charge is 0.109 e. The summed E-state index contributed by atoms with van der Waals surface area (Å²) in [5.41, 5.74) is 9.17. The van der Waals surface area contributed by atoms with Gasteiger partial charge in [0.1, 0.15) is 4.83 Å². The Bertz CT molecular complexity index is 3160. The number of hydrogen-bond donors (Lipinski definition) is 0. The Morgan fingerprint density at radius 2 is 0.909 bits per heavy atom. The molecule has 0 aliphatic carbocycles. The molecule has 6 aromatic carbocycles. The van der Waals surface area contributed by atoms with Crippen LogP contribution in [0.1, 0.15) is 0 Å². The number of hydrogen-bond acceptors (Lipinski definition) is 2. The Kier molecular flexibility index (Phi) is 3.81. The van der Waals surface area contributed by atoms with E-state index in [0.29, 0.717) is 0 Å². The van der Waals surface area contributed by atoms with Crippen molar-refractivity contribution < 1.29 is 0 Å². The lowest BCUT2D eigenvalue weighted by atomic mass is 9.97. The zero-order valence-electron chi connectivity index (χ0n) is 23.3. The van der Waals surface area contributed by atoms with Crippen LogP contribution in [0, 0.1) is 0 Å². The van der Waals surface area contributed by atoms with Gasteiger partial charge in [0, 0.05) is 57.9 Å². The zero-order valence-corrected chi connectivity index (χ0v) is 24.9. The molecule has 12 aromatic rings. The fourth-order valence-corrected chi connectivity index (χ4v) is 10.7. The first-order chi connectivity index (χ1) is 21.8. The minimum Gasteiger partial charge on any atom is -0.306 e. The van der Waals surface area contributed by atoms with E-state index in [4.69, 9.17) is 0 Å². The van der Waals surface area contributed by atoms with Crippen LogP contribution in [0.25, 0.3) is 106 Å². The van der Waals surface area contributed by atoms with Gasteiger partial charge in [-0.1, -0.05) is 72.8 Å². The van der Waals surface area contributed by atoms with Crippen molar-refractivity contribution in [3.05, 3.63) is 121 Å². The van der Waals surface area contributed by atoms with Crippen LogP contribution in [0.2, 0.25) is 0 Å². The average molecular weight is 593 g/mol. The molecule has 0 unspecified atom stereocenters. The van der Waals surface area contributed by atoms with Gasteiger partial charge in [-0.25, -0.2) is 0 Å². The molecular weight excluding hydrogens is 573 g/mol. The summed E-state index contributed by atoms with van der Waals surface area (Å²) >= 11 is 3.84. The number of nitrogens with zero attached hydrogens (tertiary/aromatic N) is 2. The third-order valence-corrected chi connectivity index (χ3v) is 12.3. The molecule has 6 aromatic heterocycles. The predicted octanol–water partition coefficient (Wildman–Crippen LogP) is 12.1. The van der Waals surface area contributed by atoms with E-state index >= 15 is 0 Å². The van der Waals surface area contributed by atoms with Crippen LogP contribution >= 0.6 is 22.7 Å². The highest BCUT2D eigenvalue weighted by atomic mass is 32.1. The number of fused-ring (bicyclic) bond motifs is 16. The molecule has 6 heterocycles. The fraction of sp³-hybridized carbons (Fsp3) is 0. The van der Waals surface area contributed by atoms with Crippen molar-refractivity contribution in [3.8, 4) is 11.1 Å². The molecule has 44 heavy (non-hydrogen) atoms. The van der Waals surface area contributed by atoms with Crippen molar-refractivity contribution in [1.29, 1.82) is 0 Å². The molecule has 0 bridgehead atoms. The van der Waals surface area contributed by atoms with Crippen molar-refractivity contribution >= 4 is 118 Å². The van der Waals surface area contributed by atoms with Gasteiger partial charge in [0.2, 0.25) is 0 Å². The summed E-state index contributed by atoms with van der Waals surface area (Å²) in [7, 11) is 0. The van der Waals surface area contributed by atoms with Gasteiger partial charge in [-0.3, -0.25) is 4.40 Å². The topological polar surface area (TPSA) is 8.82 Å². The Labute approximate surface area is 257 Å². The molecule has 0 radical (unpaired) electrons. The first-order valence-corrected chi connectivity index (χ1v) is 16.7. The monoisotopic (exact) mass is 592 g/mol. The molecule has 0 saturated carbocycles. The second kappa shape index (κ2) is 7.48. The highest BCUT2D eigenvalue weighted by molar-refractivity contribution is 7.27. The molecule has 0 aliphatic rings. The van der Waals surface area contributed by atoms with Gasteiger partial charge in [-0.15, -0.1) is 22.7 Å². The molecule has 0 aliphatic heterocycles. The van der Waals surface area contributed by atoms with Crippen LogP contribution in [0.3, 0.4) is 0 Å². The van der Waals surface area contributed by atoms with Gasteiger partial charge < -0.3 is 4.40 Å². The third kappa shape index (κ3) is 2.45. The van der Waals surface area contributed by atoms with Gasteiger partial charge in [0.25, 0.3) is 0 Å². The molecule has 0 spiro atoms. The summed E-state index contributed by atoms with van der Waals surface area (Å²) in [6.07, 6.45) is 0. The Morgan fingerprint density at radius 3 is 1.64 bits per heavy atom. The quantitative estimate of drug-likeness (QED) is 0.179. The SMILES string of the molecule is c1ccc2c(c1)sc1c2c2cc(-c3cc4c5ccccc5n5c4c(c3)c3sc4ccccc4c35)cc3c4ccccc4n1c32. The van der Waals surface area contributed by atoms with Crippen molar-refractivity contribution in [2.24, 2.45) is 0 Å². The van der Waals surface area contributed by atoms with Crippen molar-refractivity contribution in [2.45, 2.75) is 0 Å². The van der Waals surface area contributed by atoms with Crippen LogP contribution in [0.15, 0.2) is 121 Å². The fourth-order valence-electron chi connectivity index (χ4n) is 8.22. The lowest BCUT2D eigenvalue weighted by Gasteiger charge is -2.06. The number of thiophene rings is 2. The summed E-state index contributed by atoms with van der Waals surface area (Å²) in [6, 6.07) is 45.4. The van der Waals surface area contributed by atoms with Gasteiger partial charge in [0.05, 0.1) is 32.3 Å². The molecule has 202 valence electrons. The Morgan fingerprint density at radius 1 is 0.386 bits per heavy atom. The maximum Gasteiger partial charge on any atom is 0.109 e. The van der Waals surface area contributed by atoms with E-state index in [2.05, 4.69) is 130 Å². The summed E-state index contributed by atoms with van der Waals surface area (Å²) in [4.78, 5) is 1.34. The van der Waals surface area contributed by atoms with E-state index in [0.717, 1.165) is 0 Å².